The molecule has 0 spiro atoms. The molecule has 5 heteroatoms. The number of rotatable bonds is 3. The van der Waals surface area contributed by atoms with Gasteiger partial charge in [-0.15, -0.1) is 0 Å². The summed E-state index contributed by atoms with van der Waals surface area (Å²) in [6.45, 7) is 3.83. The highest BCUT2D eigenvalue weighted by atomic mass is 16.5. The van der Waals surface area contributed by atoms with Crippen LogP contribution in [-0.2, 0) is 16.0 Å². The lowest BCUT2D eigenvalue weighted by atomic mass is 9.93. The second-order valence-electron chi connectivity index (χ2n) is 5.61. The SMILES string of the molecule is O=C(CN1CCc2ccccc2C1CO)N1CCOCC1. The first-order valence-corrected chi connectivity index (χ1v) is 7.58. The van der Waals surface area contributed by atoms with Crippen LogP contribution >= 0.6 is 0 Å². The van der Waals surface area contributed by atoms with Crippen molar-refractivity contribution in [1.82, 2.24) is 9.80 Å². The number of nitrogens with zero attached hydrogens (tertiary/aromatic N) is 2. The van der Waals surface area contributed by atoms with E-state index in [4.69, 9.17) is 4.74 Å². The molecule has 2 aliphatic heterocycles. The van der Waals surface area contributed by atoms with Crippen LogP contribution in [0, 0.1) is 0 Å². The molecule has 1 N–H and O–H groups in total. The van der Waals surface area contributed by atoms with Crippen molar-refractivity contribution in [2.45, 2.75) is 12.5 Å². The van der Waals surface area contributed by atoms with E-state index in [1.54, 1.807) is 0 Å². The fourth-order valence-electron chi connectivity index (χ4n) is 3.19. The van der Waals surface area contributed by atoms with E-state index in [0.717, 1.165) is 18.5 Å². The zero-order chi connectivity index (χ0) is 14.7. The number of carbonyl (C=O) groups is 1. The molecule has 2 aliphatic rings. The second-order valence-corrected chi connectivity index (χ2v) is 5.61. The summed E-state index contributed by atoms with van der Waals surface area (Å²) in [6, 6.07) is 8.12. The van der Waals surface area contributed by atoms with Crippen LogP contribution in [0.1, 0.15) is 17.2 Å². The molecule has 0 aromatic heterocycles. The van der Waals surface area contributed by atoms with Gasteiger partial charge in [0.2, 0.25) is 5.91 Å². The highest BCUT2D eigenvalue weighted by molar-refractivity contribution is 5.78. The molecule has 1 aromatic rings. The van der Waals surface area contributed by atoms with Gasteiger partial charge in [-0.3, -0.25) is 9.69 Å². The molecule has 5 nitrogen and oxygen atoms in total. The summed E-state index contributed by atoms with van der Waals surface area (Å²) in [5, 5.41) is 9.74. The van der Waals surface area contributed by atoms with Crippen molar-refractivity contribution in [3.63, 3.8) is 0 Å². The van der Waals surface area contributed by atoms with Crippen LogP contribution in [0.25, 0.3) is 0 Å². The van der Waals surface area contributed by atoms with Crippen molar-refractivity contribution in [2.24, 2.45) is 0 Å². The number of hydrogen-bond donors (Lipinski definition) is 1. The largest absolute Gasteiger partial charge is 0.394 e. The summed E-state index contributed by atoms with van der Waals surface area (Å²) < 4.78 is 5.28. The van der Waals surface area contributed by atoms with Crippen LogP contribution in [0.3, 0.4) is 0 Å². The third-order valence-corrected chi connectivity index (χ3v) is 4.40. The van der Waals surface area contributed by atoms with Crippen molar-refractivity contribution in [3.8, 4) is 0 Å². The minimum Gasteiger partial charge on any atom is -0.394 e. The van der Waals surface area contributed by atoms with Gasteiger partial charge in [-0.1, -0.05) is 24.3 Å². The first-order valence-electron chi connectivity index (χ1n) is 7.58. The maximum absolute atomic E-state index is 12.4. The average molecular weight is 290 g/mol. The Kier molecular flexibility index (Phi) is 4.53. The number of amides is 1. The van der Waals surface area contributed by atoms with E-state index in [2.05, 4.69) is 17.0 Å². The van der Waals surface area contributed by atoms with Crippen LogP contribution in [0.15, 0.2) is 24.3 Å². The van der Waals surface area contributed by atoms with Crippen molar-refractivity contribution in [1.29, 1.82) is 0 Å². The van der Waals surface area contributed by atoms with Crippen LogP contribution in [0.2, 0.25) is 0 Å². The Morgan fingerprint density at radius 1 is 1.24 bits per heavy atom. The van der Waals surface area contributed by atoms with Crippen molar-refractivity contribution >= 4 is 5.91 Å². The van der Waals surface area contributed by atoms with Gasteiger partial charge in [0.25, 0.3) is 0 Å². The molecular weight excluding hydrogens is 268 g/mol. The molecule has 2 heterocycles. The molecule has 1 atom stereocenters. The van der Waals surface area contributed by atoms with Crippen molar-refractivity contribution in [2.75, 3.05) is 46.0 Å². The lowest BCUT2D eigenvalue weighted by Crippen LogP contribution is -2.48. The van der Waals surface area contributed by atoms with E-state index < -0.39 is 0 Å². The van der Waals surface area contributed by atoms with E-state index in [9.17, 15) is 9.90 Å². The van der Waals surface area contributed by atoms with Gasteiger partial charge in [0.15, 0.2) is 0 Å². The number of carbonyl (C=O) groups excluding carboxylic acids is 1. The molecule has 1 fully saturated rings. The van der Waals surface area contributed by atoms with Crippen LogP contribution in [0.5, 0.6) is 0 Å². The quantitative estimate of drug-likeness (QED) is 0.877. The van der Waals surface area contributed by atoms with Crippen LogP contribution in [0.4, 0.5) is 0 Å². The van der Waals surface area contributed by atoms with Crippen molar-refractivity contribution < 1.29 is 14.6 Å². The lowest BCUT2D eigenvalue weighted by molar-refractivity contribution is -0.137. The zero-order valence-electron chi connectivity index (χ0n) is 12.2. The zero-order valence-corrected chi connectivity index (χ0v) is 12.2. The Hall–Kier alpha value is -1.43. The third-order valence-electron chi connectivity index (χ3n) is 4.40. The summed E-state index contributed by atoms with van der Waals surface area (Å²) in [6.07, 6.45) is 0.934. The first-order chi connectivity index (χ1) is 10.3. The third kappa shape index (κ3) is 3.10. The number of hydrogen-bond acceptors (Lipinski definition) is 4. The van der Waals surface area contributed by atoms with Gasteiger partial charge < -0.3 is 14.7 Å². The monoisotopic (exact) mass is 290 g/mol. The Morgan fingerprint density at radius 3 is 2.76 bits per heavy atom. The van der Waals surface area contributed by atoms with E-state index in [-0.39, 0.29) is 18.6 Å². The van der Waals surface area contributed by atoms with E-state index in [0.29, 0.717) is 32.8 Å². The van der Waals surface area contributed by atoms with Gasteiger partial charge in [-0.2, -0.15) is 0 Å². The summed E-state index contributed by atoms with van der Waals surface area (Å²) in [7, 11) is 0. The van der Waals surface area contributed by atoms with Gasteiger partial charge in [-0.25, -0.2) is 0 Å². The Morgan fingerprint density at radius 2 is 2.00 bits per heavy atom. The molecule has 114 valence electrons. The fourth-order valence-corrected chi connectivity index (χ4v) is 3.19. The number of benzene rings is 1. The molecule has 0 aliphatic carbocycles. The van der Waals surface area contributed by atoms with Crippen LogP contribution < -0.4 is 0 Å². The molecule has 0 bridgehead atoms. The summed E-state index contributed by atoms with van der Waals surface area (Å²) >= 11 is 0. The molecule has 0 saturated carbocycles. The van der Waals surface area contributed by atoms with Gasteiger partial charge in [-0.05, 0) is 17.5 Å². The maximum Gasteiger partial charge on any atom is 0.236 e. The smallest absolute Gasteiger partial charge is 0.236 e. The van der Waals surface area contributed by atoms with Gasteiger partial charge in [0, 0.05) is 19.6 Å². The number of ether oxygens (including phenoxy) is 1. The standard InChI is InChI=1S/C16H22N2O3/c19-12-15-14-4-2-1-3-13(14)5-6-18(15)11-16(20)17-7-9-21-10-8-17/h1-4,15,19H,5-12H2. The predicted molar refractivity (Wildman–Crippen MR) is 78.9 cm³/mol. The Bertz CT molecular complexity index is 500. The average Bonchev–Trinajstić information content (AvgIpc) is 2.55. The molecule has 21 heavy (non-hydrogen) atoms. The molecule has 1 aromatic carbocycles. The maximum atomic E-state index is 12.4. The molecule has 3 rings (SSSR count). The minimum atomic E-state index is -0.0695. The minimum absolute atomic E-state index is 0.0490. The normalized spacial score (nSPS) is 22.9. The summed E-state index contributed by atoms with van der Waals surface area (Å²) in [5.74, 6) is 0.135. The van der Waals surface area contributed by atoms with Gasteiger partial charge in [0.1, 0.15) is 0 Å². The summed E-state index contributed by atoms with van der Waals surface area (Å²) in [5.41, 5.74) is 2.44. The molecule has 0 radical (unpaired) electrons. The molecule has 1 saturated heterocycles. The van der Waals surface area contributed by atoms with Gasteiger partial charge >= 0.3 is 0 Å². The lowest BCUT2D eigenvalue weighted by Gasteiger charge is -2.37. The second kappa shape index (κ2) is 6.56. The fraction of sp³-hybridized carbons (Fsp3) is 0.562. The van der Waals surface area contributed by atoms with E-state index in [1.165, 1.54) is 5.56 Å². The molecule has 1 unspecified atom stereocenters. The number of fused-ring (bicyclic) bond motifs is 1. The number of aliphatic hydroxyl groups excluding tert-OH is 1. The van der Waals surface area contributed by atoms with E-state index in [1.807, 2.05) is 17.0 Å². The molecule has 1 amide bonds. The van der Waals surface area contributed by atoms with E-state index >= 15 is 0 Å². The van der Waals surface area contributed by atoms with Crippen LogP contribution in [-0.4, -0.2) is 66.8 Å². The molecular formula is C16H22N2O3. The topological polar surface area (TPSA) is 53.0 Å². The number of morpholine rings is 1. The predicted octanol–water partition coefficient (Wildman–Crippen LogP) is 0.437. The number of aliphatic hydroxyl groups is 1. The first kappa shape index (κ1) is 14.5. The highest BCUT2D eigenvalue weighted by Crippen LogP contribution is 2.29. The Balaban J connectivity index is 1.69. The highest BCUT2D eigenvalue weighted by Gasteiger charge is 2.29. The summed E-state index contributed by atoms with van der Waals surface area (Å²) in [4.78, 5) is 16.3. The van der Waals surface area contributed by atoms with Gasteiger partial charge in [0.05, 0.1) is 32.4 Å². The van der Waals surface area contributed by atoms with Crippen molar-refractivity contribution in [3.05, 3.63) is 35.4 Å². The Labute approximate surface area is 125 Å².